The summed E-state index contributed by atoms with van der Waals surface area (Å²) in [4.78, 5) is 4.05. The first-order valence-electron chi connectivity index (χ1n) is 7.00. The zero-order valence-corrected chi connectivity index (χ0v) is 14.7. The van der Waals surface area contributed by atoms with Crippen LogP contribution in [0, 0.1) is 5.92 Å². The van der Waals surface area contributed by atoms with Gasteiger partial charge in [-0.1, -0.05) is 18.5 Å². The molecule has 0 saturated carbocycles. The van der Waals surface area contributed by atoms with Crippen molar-refractivity contribution in [1.82, 2.24) is 10.2 Å². The Balaban J connectivity index is 2.25. The van der Waals surface area contributed by atoms with Crippen molar-refractivity contribution in [2.45, 2.75) is 32.2 Å². The largest absolute Gasteiger partial charge is 0.319 e. The van der Waals surface area contributed by atoms with Gasteiger partial charge in [0.2, 0.25) is 0 Å². The molecule has 108 valence electrons. The van der Waals surface area contributed by atoms with Crippen LogP contribution in [0.25, 0.3) is 0 Å². The maximum absolute atomic E-state index is 6.24. The van der Waals surface area contributed by atoms with Crippen molar-refractivity contribution in [2.75, 3.05) is 26.7 Å². The zero-order chi connectivity index (χ0) is 13.8. The number of likely N-dealkylation sites (tertiary alicyclic amines) is 1. The highest BCUT2D eigenvalue weighted by Crippen LogP contribution is 2.43. The van der Waals surface area contributed by atoms with Crippen LogP contribution >= 0.6 is 38.9 Å². The Morgan fingerprint density at radius 3 is 2.95 bits per heavy atom. The van der Waals surface area contributed by atoms with E-state index in [1.807, 2.05) is 7.05 Å². The Kier molecular flexibility index (Phi) is 6.15. The number of hydrogen-bond donors (Lipinski definition) is 1. The topological polar surface area (TPSA) is 15.3 Å². The van der Waals surface area contributed by atoms with Crippen LogP contribution in [-0.4, -0.2) is 31.6 Å². The highest BCUT2D eigenvalue weighted by atomic mass is 79.9. The molecule has 0 spiro atoms. The molecular formula is C14H22BrClN2S. The molecule has 1 aromatic heterocycles. The third-order valence-electron chi connectivity index (χ3n) is 3.79. The molecule has 2 unspecified atom stereocenters. The lowest BCUT2D eigenvalue weighted by Crippen LogP contribution is -2.42. The first-order chi connectivity index (χ1) is 9.17. The van der Waals surface area contributed by atoms with Crippen LogP contribution in [-0.2, 0) is 0 Å². The number of rotatable bonds is 5. The Bertz CT molecular complexity index is 373. The molecule has 0 aliphatic carbocycles. The van der Waals surface area contributed by atoms with Crippen molar-refractivity contribution >= 4 is 38.9 Å². The first-order valence-corrected chi connectivity index (χ1v) is 8.99. The fourth-order valence-corrected chi connectivity index (χ4v) is 5.05. The molecule has 2 rings (SSSR count). The average Bonchev–Trinajstić information content (AvgIpc) is 2.70. The fraction of sp³-hybridized carbons (Fsp3) is 0.714. The average molecular weight is 366 g/mol. The third-order valence-corrected chi connectivity index (χ3v) is 6.34. The standard InChI is InChI=1S/C14H22BrClN2S/c1-3-6-18-7-4-5-10(9-17-2)13(18)12-8-11(15)14(16)19-12/h8,10,13,17H,3-7,9H2,1-2H3. The van der Waals surface area contributed by atoms with E-state index >= 15 is 0 Å². The monoisotopic (exact) mass is 364 g/mol. The highest BCUT2D eigenvalue weighted by molar-refractivity contribution is 9.10. The van der Waals surface area contributed by atoms with Gasteiger partial charge in [-0.25, -0.2) is 0 Å². The Labute approximate surface area is 133 Å². The molecule has 0 bridgehead atoms. The van der Waals surface area contributed by atoms with Crippen LogP contribution in [0.4, 0.5) is 0 Å². The number of halogens is 2. The van der Waals surface area contributed by atoms with Gasteiger partial charge in [-0.15, -0.1) is 11.3 Å². The minimum atomic E-state index is 0.523. The zero-order valence-electron chi connectivity index (χ0n) is 11.6. The maximum atomic E-state index is 6.24. The van der Waals surface area contributed by atoms with E-state index in [9.17, 15) is 0 Å². The first kappa shape index (κ1) is 15.8. The summed E-state index contributed by atoms with van der Waals surface area (Å²) in [5, 5.41) is 3.35. The summed E-state index contributed by atoms with van der Waals surface area (Å²) in [5.41, 5.74) is 0. The second-order valence-electron chi connectivity index (χ2n) is 5.21. The van der Waals surface area contributed by atoms with Crippen LogP contribution in [0.2, 0.25) is 4.34 Å². The Morgan fingerprint density at radius 2 is 2.37 bits per heavy atom. The quantitative estimate of drug-likeness (QED) is 0.823. The van der Waals surface area contributed by atoms with Crippen molar-refractivity contribution in [3.8, 4) is 0 Å². The summed E-state index contributed by atoms with van der Waals surface area (Å²) in [6, 6.07) is 2.74. The maximum Gasteiger partial charge on any atom is 0.107 e. The molecular weight excluding hydrogens is 344 g/mol. The molecule has 2 heterocycles. The lowest BCUT2D eigenvalue weighted by atomic mass is 9.88. The van der Waals surface area contributed by atoms with E-state index in [1.165, 1.54) is 37.2 Å². The Morgan fingerprint density at radius 1 is 1.58 bits per heavy atom. The summed E-state index contributed by atoms with van der Waals surface area (Å²) in [5.74, 6) is 0.687. The summed E-state index contributed by atoms with van der Waals surface area (Å²) in [7, 11) is 2.05. The Hall–Kier alpha value is 0.390. The number of nitrogens with zero attached hydrogens (tertiary/aromatic N) is 1. The lowest BCUT2D eigenvalue weighted by molar-refractivity contribution is 0.0948. The number of thiophene rings is 1. The summed E-state index contributed by atoms with van der Waals surface area (Å²) >= 11 is 11.5. The van der Waals surface area contributed by atoms with Gasteiger partial charge in [0.05, 0.1) is 0 Å². The van der Waals surface area contributed by atoms with Crippen molar-refractivity contribution in [3.63, 3.8) is 0 Å². The molecule has 19 heavy (non-hydrogen) atoms. The van der Waals surface area contributed by atoms with Gasteiger partial charge in [0, 0.05) is 15.4 Å². The lowest BCUT2D eigenvalue weighted by Gasteiger charge is -2.41. The molecule has 1 aliphatic heterocycles. The summed E-state index contributed by atoms with van der Waals surface area (Å²) in [6.07, 6.45) is 3.82. The second kappa shape index (κ2) is 7.41. The van der Waals surface area contributed by atoms with Crippen molar-refractivity contribution in [2.24, 2.45) is 5.92 Å². The van der Waals surface area contributed by atoms with E-state index in [2.05, 4.69) is 39.1 Å². The SMILES string of the molecule is CCCN1CCCC(CNC)C1c1cc(Br)c(Cl)s1. The van der Waals surface area contributed by atoms with Crippen LogP contribution < -0.4 is 5.32 Å². The second-order valence-corrected chi connectivity index (χ2v) is 7.75. The molecule has 0 radical (unpaired) electrons. The van der Waals surface area contributed by atoms with Crippen LogP contribution in [0.15, 0.2) is 10.5 Å². The van der Waals surface area contributed by atoms with Crippen molar-refractivity contribution < 1.29 is 0 Å². The molecule has 5 heteroatoms. The van der Waals surface area contributed by atoms with Gasteiger partial charge in [0.25, 0.3) is 0 Å². The van der Waals surface area contributed by atoms with E-state index in [0.717, 1.165) is 15.4 Å². The minimum absolute atomic E-state index is 0.523. The molecule has 0 aromatic carbocycles. The normalized spacial score (nSPS) is 24.8. The van der Waals surface area contributed by atoms with E-state index in [1.54, 1.807) is 11.3 Å². The molecule has 1 fully saturated rings. The highest BCUT2D eigenvalue weighted by Gasteiger charge is 2.33. The molecule has 0 amide bonds. The van der Waals surface area contributed by atoms with E-state index in [4.69, 9.17) is 11.6 Å². The van der Waals surface area contributed by atoms with Gasteiger partial charge < -0.3 is 5.32 Å². The number of hydrogen-bond acceptors (Lipinski definition) is 3. The molecule has 2 atom stereocenters. The van der Waals surface area contributed by atoms with E-state index in [0.29, 0.717) is 12.0 Å². The van der Waals surface area contributed by atoms with Crippen LogP contribution in [0.3, 0.4) is 0 Å². The molecule has 1 aliphatic rings. The van der Waals surface area contributed by atoms with Gasteiger partial charge in [-0.05, 0) is 73.9 Å². The van der Waals surface area contributed by atoms with E-state index < -0.39 is 0 Å². The number of piperidine rings is 1. The van der Waals surface area contributed by atoms with E-state index in [-0.39, 0.29) is 0 Å². The van der Waals surface area contributed by atoms with Gasteiger partial charge in [-0.3, -0.25) is 4.90 Å². The molecule has 1 N–H and O–H groups in total. The molecule has 2 nitrogen and oxygen atoms in total. The fourth-order valence-electron chi connectivity index (χ4n) is 3.09. The van der Waals surface area contributed by atoms with Gasteiger partial charge in [0.15, 0.2) is 0 Å². The summed E-state index contributed by atoms with van der Waals surface area (Å²) in [6.45, 7) is 5.73. The molecule has 1 aromatic rings. The van der Waals surface area contributed by atoms with Gasteiger partial charge in [-0.2, -0.15) is 0 Å². The summed E-state index contributed by atoms with van der Waals surface area (Å²) < 4.78 is 1.92. The van der Waals surface area contributed by atoms with Gasteiger partial charge >= 0.3 is 0 Å². The van der Waals surface area contributed by atoms with Crippen LogP contribution in [0.1, 0.15) is 37.1 Å². The predicted molar refractivity (Wildman–Crippen MR) is 88.3 cm³/mol. The molecule has 1 saturated heterocycles. The van der Waals surface area contributed by atoms with Crippen molar-refractivity contribution in [3.05, 3.63) is 19.8 Å². The van der Waals surface area contributed by atoms with Gasteiger partial charge in [0.1, 0.15) is 4.34 Å². The third kappa shape index (κ3) is 3.73. The predicted octanol–water partition coefficient (Wildman–Crippen LogP) is 4.55. The van der Waals surface area contributed by atoms with Crippen LogP contribution in [0.5, 0.6) is 0 Å². The number of nitrogens with one attached hydrogen (secondary N) is 1. The minimum Gasteiger partial charge on any atom is -0.319 e. The van der Waals surface area contributed by atoms with Crippen molar-refractivity contribution in [1.29, 1.82) is 0 Å². The smallest absolute Gasteiger partial charge is 0.107 e.